The smallest absolute Gasteiger partial charge is 0.238 e. The monoisotopic (exact) mass is 369 g/mol. The predicted octanol–water partition coefficient (Wildman–Crippen LogP) is 2.17. The summed E-state index contributed by atoms with van der Waals surface area (Å²) in [7, 11) is 0. The average molecular weight is 369 g/mol. The van der Waals surface area contributed by atoms with Gasteiger partial charge in [0.1, 0.15) is 5.82 Å². The van der Waals surface area contributed by atoms with Crippen molar-refractivity contribution in [2.45, 2.75) is 26.2 Å². The molecule has 0 radical (unpaired) electrons. The molecule has 7 heteroatoms. The van der Waals surface area contributed by atoms with Crippen molar-refractivity contribution in [3.8, 4) is 0 Å². The van der Waals surface area contributed by atoms with Crippen LogP contribution in [0.25, 0.3) is 0 Å². The lowest BCUT2D eigenvalue weighted by Crippen LogP contribution is -2.49. The molecule has 1 aliphatic heterocycles. The number of fused-ring (bicyclic) bond motifs is 1. The molecule has 1 aliphatic carbocycles. The zero-order valence-corrected chi connectivity index (χ0v) is 15.5. The van der Waals surface area contributed by atoms with Crippen LogP contribution in [-0.2, 0) is 17.6 Å². The molecular weight excluding hydrogens is 345 g/mol. The second-order valence-corrected chi connectivity index (χ2v) is 7.30. The highest BCUT2D eigenvalue weighted by Gasteiger charge is 2.22. The Hall–Kier alpha value is -2.54. The SMILES string of the molecule is Cc1ccc(NC(=O)CN2CCN(c3cc4c(nn3)CCC4)CC2)cc1F. The van der Waals surface area contributed by atoms with E-state index in [1.807, 2.05) is 0 Å². The Kier molecular flexibility index (Phi) is 5.03. The number of amides is 1. The first-order chi connectivity index (χ1) is 13.1. The van der Waals surface area contributed by atoms with Gasteiger partial charge in [-0.05, 0) is 55.5 Å². The number of nitrogens with zero attached hydrogens (tertiary/aromatic N) is 4. The number of hydrogen-bond acceptors (Lipinski definition) is 5. The lowest BCUT2D eigenvalue weighted by Gasteiger charge is -2.34. The van der Waals surface area contributed by atoms with Gasteiger partial charge in [0.15, 0.2) is 5.82 Å². The molecule has 0 spiro atoms. The van der Waals surface area contributed by atoms with Gasteiger partial charge >= 0.3 is 0 Å². The molecule has 2 aromatic rings. The second-order valence-electron chi connectivity index (χ2n) is 7.30. The fourth-order valence-corrected chi connectivity index (χ4v) is 3.68. The molecule has 1 aromatic carbocycles. The first-order valence-corrected chi connectivity index (χ1v) is 9.47. The zero-order valence-electron chi connectivity index (χ0n) is 15.5. The summed E-state index contributed by atoms with van der Waals surface area (Å²) in [5.74, 6) is 0.510. The summed E-state index contributed by atoms with van der Waals surface area (Å²) in [6.07, 6.45) is 3.30. The molecule has 1 amide bonds. The lowest BCUT2D eigenvalue weighted by molar-refractivity contribution is -0.117. The van der Waals surface area contributed by atoms with Gasteiger partial charge in [0, 0.05) is 31.9 Å². The summed E-state index contributed by atoms with van der Waals surface area (Å²) in [6.45, 7) is 5.22. The Morgan fingerprint density at radius 3 is 2.74 bits per heavy atom. The van der Waals surface area contributed by atoms with Crippen molar-refractivity contribution in [3.05, 3.63) is 46.9 Å². The fourth-order valence-electron chi connectivity index (χ4n) is 3.68. The van der Waals surface area contributed by atoms with E-state index in [-0.39, 0.29) is 11.7 Å². The number of hydrogen-bond donors (Lipinski definition) is 1. The molecule has 1 N–H and O–H groups in total. The van der Waals surface area contributed by atoms with E-state index in [2.05, 4.69) is 31.4 Å². The Bertz CT molecular complexity index is 848. The molecule has 142 valence electrons. The number of nitrogens with one attached hydrogen (secondary N) is 1. The van der Waals surface area contributed by atoms with Crippen LogP contribution in [0.4, 0.5) is 15.9 Å². The maximum atomic E-state index is 13.6. The van der Waals surface area contributed by atoms with Gasteiger partial charge in [-0.25, -0.2) is 4.39 Å². The minimum atomic E-state index is -0.308. The average Bonchev–Trinajstić information content (AvgIpc) is 3.13. The Morgan fingerprint density at radius 2 is 1.96 bits per heavy atom. The molecule has 27 heavy (non-hydrogen) atoms. The van der Waals surface area contributed by atoms with Crippen LogP contribution in [-0.4, -0.2) is 53.7 Å². The zero-order chi connectivity index (χ0) is 18.8. The largest absolute Gasteiger partial charge is 0.353 e. The van der Waals surface area contributed by atoms with Crippen molar-refractivity contribution in [1.82, 2.24) is 15.1 Å². The number of rotatable bonds is 4. The van der Waals surface area contributed by atoms with Gasteiger partial charge < -0.3 is 10.2 Å². The molecule has 0 unspecified atom stereocenters. The number of aryl methyl sites for hydroxylation is 3. The second kappa shape index (κ2) is 7.60. The molecule has 4 rings (SSSR count). The Labute approximate surface area is 158 Å². The van der Waals surface area contributed by atoms with Crippen molar-refractivity contribution in [2.24, 2.45) is 0 Å². The summed E-state index contributed by atoms with van der Waals surface area (Å²) >= 11 is 0. The van der Waals surface area contributed by atoms with Crippen molar-refractivity contribution < 1.29 is 9.18 Å². The van der Waals surface area contributed by atoms with Gasteiger partial charge in [-0.1, -0.05) is 6.07 Å². The van der Waals surface area contributed by atoms with Gasteiger partial charge in [-0.15, -0.1) is 5.10 Å². The third-order valence-electron chi connectivity index (χ3n) is 5.33. The first-order valence-electron chi connectivity index (χ1n) is 9.47. The van der Waals surface area contributed by atoms with Crippen molar-refractivity contribution in [3.63, 3.8) is 0 Å². The molecule has 2 aliphatic rings. The number of piperazine rings is 1. The quantitative estimate of drug-likeness (QED) is 0.895. The van der Waals surface area contributed by atoms with Crippen molar-refractivity contribution >= 4 is 17.4 Å². The number of aromatic nitrogens is 2. The van der Waals surface area contributed by atoms with Crippen molar-refractivity contribution in [2.75, 3.05) is 42.9 Å². The summed E-state index contributed by atoms with van der Waals surface area (Å²) in [5, 5.41) is 11.5. The highest BCUT2D eigenvalue weighted by Crippen LogP contribution is 2.23. The van der Waals surface area contributed by atoms with Gasteiger partial charge in [0.25, 0.3) is 0 Å². The number of benzene rings is 1. The standard InChI is InChI=1S/C20H24FN5O/c1-14-5-6-16(12-17(14)21)22-20(27)13-25-7-9-26(10-8-25)19-11-15-3-2-4-18(15)23-24-19/h5-6,11-12H,2-4,7-10,13H2,1H3,(H,22,27). The highest BCUT2D eigenvalue weighted by atomic mass is 19.1. The molecule has 2 heterocycles. The Balaban J connectivity index is 1.29. The van der Waals surface area contributed by atoms with E-state index in [1.165, 1.54) is 18.1 Å². The topological polar surface area (TPSA) is 61.4 Å². The van der Waals surface area contributed by atoms with Crippen LogP contribution in [0.2, 0.25) is 0 Å². The van der Waals surface area contributed by atoms with Crippen LogP contribution in [0.1, 0.15) is 23.2 Å². The molecule has 1 aromatic heterocycles. The maximum absolute atomic E-state index is 13.6. The third-order valence-corrected chi connectivity index (χ3v) is 5.33. The number of carbonyl (C=O) groups excluding carboxylic acids is 1. The fraction of sp³-hybridized carbons (Fsp3) is 0.450. The maximum Gasteiger partial charge on any atom is 0.238 e. The van der Waals surface area contributed by atoms with E-state index >= 15 is 0 Å². The van der Waals surface area contributed by atoms with E-state index in [0.717, 1.165) is 50.5 Å². The molecule has 1 saturated heterocycles. The van der Waals surface area contributed by atoms with Gasteiger partial charge in [-0.2, -0.15) is 5.10 Å². The number of carbonyl (C=O) groups is 1. The Morgan fingerprint density at radius 1 is 1.15 bits per heavy atom. The summed E-state index contributed by atoms with van der Waals surface area (Å²) in [4.78, 5) is 16.6. The number of anilines is 2. The first kappa shape index (κ1) is 17.9. The molecule has 0 atom stereocenters. The summed E-state index contributed by atoms with van der Waals surface area (Å²) in [6, 6.07) is 6.92. The van der Waals surface area contributed by atoms with E-state index in [0.29, 0.717) is 17.8 Å². The van der Waals surface area contributed by atoms with Crippen LogP contribution in [0.3, 0.4) is 0 Å². The predicted molar refractivity (Wildman–Crippen MR) is 102 cm³/mol. The van der Waals surface area contributed by atoms with Crippen LogP contribution in [0, 0.1) is 12.7 Å². The van der Waals surface area contributed by atoms with Gasteiger partial charge in [-0.3, -0.25) is 9.69 Å². The van der Waals surface area contributed by atoms with Crippen LogP contribution in [0.15, 0.2) is 24.3 Å². The molecule has 0 bridgehead atoms. The minimum Gasteiger partial charge on any atom is -0.353 e. The minimum absolute atomic E-state index is 0.121. The molecular formula is C20H24FN5O. The van der Waals surface area contributed by atoms with Gasteiger partial charge in [0.05, 0.1) is 12.2 Å². The summed E-state index contributed by atoms with van der Waals surface area (Å²) in [5.41, 5.74) is 3.53. The van der Waals surface area contributed by atoms with E-state index in [4.69, 9.17) is 0 Å². The molecule has 0 saturated carbocycles. The van der Waals surface area contributed by atoms with Crippen molar-refractivity contribution in [1.29, 1.82) is 0 Å². The molecule has 6 nitrogen and oxygen atoms in total. The van der Waals surface area contributed by atoms with E-state index in [9.17, 15) is 9.18 Å². The van der Waals surface area contributed by atoms with Crippen LogP contribution < -0.4 is 10.2 Å². The highest BCUT2D eigenvalue weighted by molar-refractivity contribution is 5.92. The van der Waals surface area contributed by atoms with Crippen LogP contribution in [0.5, 0.6) is 0 Å². The van der Waals surface area contributed by atoms with Gasteiger partial charge in [0.2, 0.25) is 5.91 Å². The lowest BCUT2D eigenvalue weighted by atomic mass is 10.2. The van der Waals surface area contributed by atoms with E-state index < -0.39 is 0 Å². The number of halogens is 1. The third kappa shape index (κ3) is 4.08. The van der Waals surface area contributed by atoms with E-state index in [1.54, 1.807) is 19.1 Å². The molecule has 1 fully saturated rings. The normalized spacial score (nSPS) is 17.0. The van der Waals surface area contributed by atoms with Crippen LogP contribution >= 0.6 is 0 Å². The summed E-state index contributed by atoms with van der Waals surface area (Å²) < 4.78 is 13.6.